The number of nitrogens with one attached hydrogen (secondary N) is 1. The summed E-state index contributed by atoms with van der Waals surface area (Å²) in [7, 11) is 0. The molecule has 43 heavy (non-hydrogen) atoms. The molecule has 1 aliphatic rings. The lowest BCUT2D eigenvalue weighted by Gasteiger charge is -2.23. The van der Waals surface area contributed by atoms with Crippen molar-refractivity contribution in [2.45, 2.75) is 50.7 Å². The van der Waals surface area contributed by atoms with Crippen molar-refractivity contribution in [3.63, 3.8) is 0 Å². The van der Waals surface area contributed by atoms with Gasteiger partial charge in [0.2, 0.25) is 5.91 Å². The lowest BCUT2D eigenvalue weighted by Crippen LogP contribution is -2.37. The molecule has 2 aromatic heterocycles. The highest BCUT2D eigenvalue weighted by Crippen LogP contribution is 2.45. The third-order valence-electron chi connectivity index (χ3n) is 7.60. The first-order valence-electron chi connectivity index (χ1n) is 13.0. The van der Waals surface area contributed by atoms with Crippen LogP contribution >= 0.6 is 11.6 Å². The Morgan fingerprint density at radius 2 is 1.81 bits per heavy atom. The molecule has 2 atom stereocenters. The van der Waals surface area contributed by atoms with Gasteiger partial charge in [0.25, 0.3) is 0 Å². The fourth-order valence-corrected chi connectivity index (χ4v) is 5.24. The first-order valence-corrected chi connectivity index (χ1v) is 13.3. The largest absolute Gasteiger partial charge is 0.481 e. The standard InChI is InChI=1S/C28H24ClF5N6O3/c1-13(24(41)42)11-14-3-5-15(6-4-14)26(2)19-21(35)36-23(37-22(19)38-25(26)43)20-17-8-7-16(29)12-18(17)40(39-20)10-9-27(30,31)28(32,33)34/h3-8,12-13H,9-11H2,1-2H3,(H,41,42)(H3,35,36,37,38,43)/t13?,26-/m1/s1. The third kappa shape index (κ3) is 5.24. The summed E-state index contributed by atoms with van der Waals surface area (Å²) in [6, 6.07) is 11.2. The maximum atomic E-state index is 13.7. The predicted octanol–water partition coefficient (Wildman–Crippen LogP) is 5.84. The van der Waals surface area contributed by atoms with Crippen molar-refractivity contribution in [3.8, 4) is 11.5 Å². The van der Waals surface area contributed by atoms with E-state index in [9.17, 15) is 36.6 Å². The number of carbonyl (C=O) groups excluding carboxylic acids is 1. The Labute approximate surface area is 245 Å². The highest BCUT2D eigenvalue weighted by Gasteiger charge is 2.56. The molecule has 226 valence electrons. The van der Waals surface area contributed by atoms with Crippen LogP contribution in [-0.4, -0.2) is 48.8 Å². The molecule has 3 heterocycles. The molecule has 1 unspecified atom stereocenters. The Bertz CT molecular complexity index is 1760. The zero-order valence-corrected chi connectivity index (χ0v) is 23.4. The van der Waals surface area contributed by atoms with Gasteiger partial charge in [0, 0.05) is 23.4 Å². The minimum atomic E-state index is -5.73. The number of hydrogen-bond donors (Lipinski definition) is 3. The number of carboxylic acids is 1. The number of alkyl halides is 5. The number of nitrogens with zero attached hydrogens (tertiary/aromatic N) is 4. The Balaban J connectivity index is 1.53. The second-order valence-electron chi connectivity index (χ2n) is 10.6. The second kappa shape index (κ2) is 10.4. The van der Waals surface area contributed by atoms with E-state index >= 15 is 0 Å². The van der Waals surface area contributed by atoms with E-state index in [-0.39, 0.29) is 39.3 Å². The van der Waals surface area contributed by atoms with Crippen molar-refractivity contribution < 1.29 is 36.6 Å². The van der Waals surface area contributed by atoms with Gasteiger partial charge in [-0.15, -0.1) is 0 Å². The number of nitrogen functional groups attached to an aromatic ring is 1. The van der Waals surface area contributed by atoms with E-state index in [1.54, 1.807) is 38.1 Å². The average Bonchev–Trinajstić information content (AvgIpc) is 3.41. The van der Waals surface area contributed by atoms with Crippen LogP contribution < -0.4 is 11.1 Å². The zero-order valence-electron chi connectivity index (χ0n) is 22.6. The van der Waals surface area contributed by atoms with E-state index < -0.39 is 48.3 Å². The molecule has 1 aliphatic heterocycles. The molecule has 15 heteroatoms. The van der Waals surface area contributed by atoms with Crippen molar-refractivity contribution in [1.29, 1.82) is 0 Å². The monoisotopic (exact) mass is 622 g/mol. The van der Waals surface area contributed by atoms with Crippen LogP contribution in [0.15, 0.2) is 42.5 Å². The lowest BCUT2D eigenvalue weighted by atomic mass is 9.77. The van der Waals surface area contributed by atoms with Gasteiger partial charge in [-0.3, -0.25) is 14.3 Å². The number of carboxylic acid groups (broad SMARTS) is 1. The van der Waals surface area contributed by atoms with Crippen LogP contribution in [0, 0.1) is 5.92 Å². The molecule has 0 saturated heterocycles. The van der Waals surface area contributed by atoms with Gasteiger partial charge in [0.05, 0.1) is 17.0 Å². The molecule has 1 amide bonds. The van der Waals surface area contributed by atoms with Gasteiger partial charge >= 0.3 is 18.1 Å². The Morgan fingerprint density at radius 3 is 2.44 bits per heavy atom. The number of rotatable bonds is 8. The predicted molar refractivity (Wildman–Crippen MR) is 148 cm³/mol. The molecule has 9 nitrogen and oxygen atoms in total. The molecule has 0 saturated carbocycles. The summed E-state index contributed by atoms with van der Waals surface area (Å²) in [5.41, 5.74) is 6.86. The van der Waals surface area contributed by atoms with Gasteiger partial charge in [0.15, 0.2) is 5.82 Å². The minimum Gasteiger partial charge on any atom is -0.481 e. The Morgan fingerprint density at radius 1 is 1.14 bits per heavy atom. The highest BCUT2D eigenvalue weighted by molar-refractivity contribution is 6.31. The summed E-state index contributed by atoms with van der Waals surface area (Å²) in [4.78, 5) is 33.3. The number of anilines is 2. The van der Waals surface area contributed by atoms with E-state index in [2.05, 4.69) is 20.4 Å². The number of nitrogens with two attached hydrogens (primary N) is 1. The molecule has 0 bridgehead atoms. The summed E-state index contributed by atoms with van der Waals surface area (Å²) < 4.78 is 66.7. The number of hydrogen-bond acceptors (Lipinski definition) is 6. The summed E-state index contributed by atoms with van der Waals surface area (Å²) in [6.45, 7) is 2.43. The van der Waals surface area contributed by atoms with Gasteiger partial charge in [-0.05, 0) is 42.7 Å². The van der Waals surface area contributed by atoms with Crippen molar-refractivity contribution in [2.75, 3.05) is 11.1 Å². The maximum absolute atomic E-state index is 13.7. The van der Waals surface area contributed by atoms with Crippen molar-refractivity contribution in [1.82, 2.24) is 19.7 Å². The zero-order chi connectivity index (χ0) is 31.5. The summed E-state index contributed by atoms with van der Waals surface area (Å²) in [5, 5.41) is 16.6. The smallest absolute Gasteiger partial charge is 0.453 e. The number of aromatic nitrogens is 4. The molecule has 0 radical (unpaired) electrons. The molecule has 5 rings (SSSR count). The van der Waals surface area contributed by atoms with E-state index in [0.29, 0.717) is 17.4 Å². The number of fused-ring (bicyclic) bond motifs is 2. The number of amides is 1. The molecule has 4 aromatic rings. The van der Waals surface area contributed by atoms with Gasteiger partial charge in [0.1, 0.15) is 22.7 Å². The van der Waals surface area contributed by atoms with E-state index in [0.717, 1.165) is 10.2 Å². The van der Waals surface area contributed by atoms with E-state index in [1.165, 1.54) is 18.2 Å². The average molecular weight is 623 g/mol. The maximum Gasteiger partial charge on any atom is 0.453 e. The van der Waals surface area contributed by atoms with E-state index in [1.807, 2.05) is 0 Å². The number of aryl methyl sites for hydroxylation is 1. The van der Waals surface area contributed by atoms with Crippen LogP contribution in [0.25, 0.3) is 22.4 Å². The highest BCUT2D eigenvalue weighted by atomic mass is 35.5. The van der Waals surface area contributed by atoms with Crippen molar-refractivity contribution in [2.24, 2.45) is 5.92 Å². The molecule has 0 fully saturated rings. The molecule has 0 spiro atoms. The fraction of sp³-hybridized carbons (Fsp3) is 0.321. The summed E-state index contributed by atoms with van der Waals surface area (Å²) in [5.74, 6) is -7.02. The summed E-state index contributed by atoms with van der Waals surface area (Å²) in [6.07, 6.45) is -6.99. The molecular formula is C28H24ClF5N6O3. The molecular weight excluding hydrogens is 599 g/mol. The van der Waals surface area contributed by atoms with Crippen LogP contribution in [-0.2, 0) is 28.0 Å². The van der Waals surface area contributed by atoms with Gasteiger partial charge in [-0.25, -0.2) is 9.97 Å². The van der Waals surface area contributed by atoms with Gasteiger partial charge in [-0.2, -0.15) is 27.1 Å². The van der Waals surface area contributed by atoms with Crippen molar-refractivity contribution in [3.05, 3.63) is 64.2 Å². The number of aliphatic carboxylic acids is 1. The summed E-state index contributed by atoms with van der Waals surface area (Å²) >= 11 is 6.07. The van der Waals surface area contributed by atoms with Gasteiger partial charge in [-0.1, -0.05) is 42.8 Å². The number of halogens is 6. The fourth-order valence-electron chi connectivity index (χ4n) is 5.07. The van der Waals surface area contributed by atoms with Crippen LogP contribution in [0.4, 0.5) is 33.6 Å². The van der Waals surface area contributed by atoms with E-state index in [4.69, 9.17) is 17.3 Å². The second-order valence-corrected chi connectivity index (χ2v) is 11.0. The Kier molecular flexibility index (Phi) is 7.31. The van der Waals surface area contributed by atoms with Crippen molar-refractivity contribution >= 4 is 46.0 Å². The van der Waals surface area contributed by atoms with Crippen LogP contribution in [0.3, 0.4) is 0 Å². The topological polar surface area (TPSA) is 136 Å². The quantitative estimate of drug-likeness (QED) is 0.210. The first kappa shape index (κ1) is 30.1. The Hall–Kier alpha value is -4.33. The third-order valence-corrected chi connectivity index (χ3v) is 7.83. The normalized spacial score (nSPS) is 17.6. The number of benzene rings is 2. The van der Waals surface area contributed by atoms with Crippen LogP contribution in [0.5, 0.6) is 0 Å². The molecule has 0 aliphatic carbocycles. The first-order chi connectivity index (χ1) is 20.0. The number of carbonyl (C=O) groups is 2. The lowest BCUT2D eigenvalue weighted by molar-refractivity contribution is -0.285. The SMILES string of the molecule is CC(Cc1ccc([C@@]2(C)C(=O)Nc3nc(-c4nn(CCC(F)(F)C(F)(F)F)c5cc(Cl)ccc45)nc(N)c32)cc1)C(=O)O. The van der Waals surface area contributed by atoms with Gasteiger partial charge < -0.3 is 16.2 Å². The molecule has 2 aromatic carbocycles. The molecule has 4 N–H and O–H groups in total. The minimum absolute atomic E-state index is 0.0382. The van der Waals surface area contributed by atoms with Crippen LogP contribution in [0.2, 0.25) is 5.02 Å². The van der Waals surface area contributed by atoms with Crippen LogP contribution in [0.1, 0.15) is 37.0 Å².